The highest BCUT2D eigenvalue weighted by Crippen LogP contribution is 2.18. The van der Waals surface area contributed by atoms with Crippen LogP contribution in [0.1, 0.15) is 11.4 Å². The zero-order valence-electron chi connectivity index (χ0n) is 7.82. The summed E-state index contributed by atoms with van der Waals surface area (Å²) in [6, 6.07) is 0. The fraction of sp³-hybridized carbons (Fsp3) is 0.571. The molecule has 14 heavy (non-hydrogen) atoms. The first-order valence-corrected chi connectivity index (χ1v) is 6.10. The van der Waals surface area contributed by atoms with Crippen LogP contribution < -0.4 is 5.73 Å². The molecule has 0 saturated heterocycles. The van der Waals surface area contributed by atoms with Gasteiger partial charge in [0.2, 0.25) is 10.0 Å². The summed E-state index contributed by atoms with van der Waals surface area (Å²) in [4.78, 5) is 6.93. The fourth-order valence-electron chi connectivity index (χ4n) is 1.57. The van der Waals surface area contributed by atoms with Gasteiger partial charge in [-0.15, -0.1) is 0 Å². The topological polar surface area (TPSA) is 92.1 Å². The van der Waals surface area contributed by atoms with Crippen molar-refractivity contribution < 1.29 is 8.42 Å². The molecule has 0 radical (unpaired) electrons. The van der Waals surface area contributed by atoms with Crippen molar-refractivity contribution in [1.29, 1.82) is 0 Å². The van der Waals surface area contributed by atoms with Crippen LogP contribution in [-0.4, -0.2) is 35.5 Å². The van der Waals surface area contributed by atoms with E-state index >= 15 is 0 Å². The van der Waals surface area contributed by atoms with Gasteiger partial charge in [0.15, 0.2) is 5.95 Å². The van der Waals surface area contributed by atoms with E-state index in [1.54, 1.807) is 0 Å². The third kappa shape index (κ3) is 1.60. The van der Waals surface area contributed by atoms with Gasteiger partial charge in [0.1, 0.15) is 0 Å². The highest BCUT2D eigenvalue weighted by Gasteiger charge is 2.25. The van der Waals surface area contributed by atoms with Crippen molar-refractivity contribution in [2.24, 2.45) is 0 Å². The van der Waals surface area contributed by atoms with E-state index in [0.717, 1.165) is 11.4 Å². The third-order valence-corrected chi connectivity index (χ3v) is 3.53. The van der Waals surface area contributed by atoms with Gasteiger partial charge < -0.3 is 10.7 Å². The predicted molar refractivity (Wildman–Crippen MR) is 52.0 cm³/mol. The first-order valence-electron chi connectivity index (χ1n) is 4.25. The van der Waals surface area contributed by atoms with Crippen LogP contribution in [-0.2, 0) is 23.0 Å². The molecule has 0 bridgehead atoms. The molecular weight excluding hydrogens is 204 g/mol. The fourth-order valence-corrected chi connectivity index (χ4v) is 2.36. The zero-order chi connectivity index (χ0) is 10.3. The smallest absolute Gasteiger partial charge is 0.211 e. The van der Waals surface area contributed by atoms with Crippen molar-refractivity contribution in [2.45, 2.75) is 13.0 Å². The molecule has 7 heteroatoms. The maximum absolute atomic E-state index is 11.3. The number of sulfonamides is 1. The molecule has 2 heterocycles. The van der Waals surface area contributed by atoms with Gasteiger partial charge in [-0.05, 0) is 0 Å². The van der Waals surface area contributed by atoms with Gasteiger partial charge in [0.25, 0.3) is 0 Å². The summed E-state index contributed by atoms with van der Waals surface area (Å²) < 4.78 is 23.9. The van der Waals surface area contributed by atoms with Crippen LogP contribution in [0.5, 0.6) is 0 Å². The summed E-state index contributed by atoms with van der Waals surface area (Å²) in [7, 11) is -3.11. The van der Waals surface area contributed by atoms with E-state index in [1.165, 1.54) is 10.6 Å². The van der Waals surface area contributed by atoms with Gasteiger partial charge in [0.05, 0.1) is 24.2 Å². The number of nitrogen functional groups attached to an aromatic ring is 1. The highest BCUT2D eigenvalue weighted by molar-refractivity contribution is 7.88. The molecule has 3 N–H and O–H groups in total. The average Bonchev–Trinajstić information content (AvgIpc) is 2.41. The quantitative estimate of drug-likeness (QED) is 0.650. The highest BCUT2D eigenvalue weighted by atomic mass is 32.2. The molecule has 0 atom stereocenters. The number of H-pyrrole nitrogens is 1. The van der Waals surface area contributed by atoms with Crippen molar-refractivity contribution in [1.82, 2.24) is 14.3 Å². The number of hydrogen-bond donors (Lipinski definition) is 2. The van der Waals surface area contributed by atoms with Gasteiger partial charge in [-0.1, -0.05) is 0 Å². The number of anilines is 1. The second-order valence-corrected chi connectivity index (χ2v) is 5.38. The van der Waals surface area contributed by atoms with Crippen LogP contribution in [0.25, 0.3) is 0 Å². The lowest BCUT2D eigenvalue weighted by Gasteiger charge is -2.23. The lowest BCUT2D eigenvalue weighted by atomic mass is 10.2. The second kappa shape index (κ2) is 2.96. The van der Waals surface area contributed by atoms with Crippen LogP contribution in [0.3, 0.4) is 0 Å². The van der Waals surface area contributed by atoms with Crippen LogP contribution >= 0.6 is 0 Å². The lowest BCUT2D eigenvalue weighted by Crippen LogP contribution is -2.35. The lowest BCUT2D eigenvalue weighted by molar-refractivity contribution is 0.389. The van der Waals surface area contributed by atoms with E-state index in [-0.39, 0.29) is 0 Å². The predicted octanol–water partition coefficient (Wildman–Crippen LogP) is -0.690. The van der Waals surface area contributed by atoms with E-state index in [1.807, 2.05) is 0 Å². The second-order valence-electron chi connectivity index (χ2n) is 3.39. The molecule has 6 nitrogen and oxygen atoms in total. The maximum atomic E-state index is 11.3. The Morgan fingerprint density at radius 3 is 2.93 bits per heavy atom. The Bertz CT molecular complexity index is 450. The van der Waals surface area contributed by atoms with Crippen molar-refractivity contribution in [2.75, 3.05) is 18.5 Å². The van der Waals surface area contributed by atoms with Crippen molar-refractivity contribution in [3.63, 3.8) is 0 Å². The van der Waals surface area contributed by atoms with Gasteiger partial charge >= 0.3 is 0 Å². The summed E-state index contributed by atoms with van der Waals surface area (Å²) in [6.07, 6.45) is 1.83. The SMILES string of the molecule is CS(=O)(=O)N1CCc2nc(N)[nH]c2C1. The molecule has 0 unspecified atom stereocenters. The molecule has 0 amide bonds. The first kappa shape index (κ1) is 9.47. The van der Waals surface area contributed by atoms with Crippen molar-refractivity contribution in [3.8, 4) is 0 Å². The zero-order valence-corrected chi connectivity index (χ0v) is 8.63. The minimum atomic E-state index is -3.11. The molecule has 0 saturated carbocycles. The molecule has 0 aliphatic carbocycles. The Hall–Kier alpha value is -1.08. The number of imidazole rings is 1. The minimum absolute atomic E-state index is 0.346. The van der Waals surface area contributed by atoms with Crippen LogP contribution in [0.4, 0.5) is 5.95 Å². The van der Waals surface area contributed by atoms with E-state index in [2.05, 4.69) is 9.97 Å². The summed E-state index contributed by atoms with van der Waals surface area (Å²) >= 11 is 0. The minimum Gasteiger partial charge on any atom is -0.369 e. The number of fused-ring (bicyclic) bond motifs is 1. The molecular formula is C7H12N4O2S. The van der Waals surface area contributed by atoms with E-state index < -0.39 is 10.0 Å². The summed E-state index contributed by atoms with van der Waals surface area (Å²) in [5.74, 6) is 0.352. The number of rotatable bonds is 1. The molecule has 1 aromatic rings. The molecule has 0 aromatic carbocycles. The van der Waals surface area contributed by atoms with Gasteiger partial charge in [-0.3, -0.25) is 0 Å². The third-order valence-electron chi connectivity index (χ3n) is 2.28. The number of nitrogens with one attached hydrogen (secondary N) is 1. The Kier molecular flexibility index (Phi) is 2.00. The van der Waals surface area contributed by atoms with Crippen LogP contribution in [0.2, 0.25) is 0 Å². The molecule has 2 rings (SSSR count). The Labute approximate surface area is 82.2 Å². The van der Waals surface area contributed by atoms with E-state index in [9.17, 15) is 8.42 Å². The Morgan fingerprint density at radius 1 is 1.57 bits per heavy atom. The van der Waals surface area contributed by atoms with Crippen molar-refractivity contribution >= 4 is 16.0 Å². The number of aromatic amines is 1. The standard InChI is InChI=1S/C7H12N4O2S/c1-14(12,13)11-3-2-5-6(4-11)10-7(8)9-5/h2-4H2,1H3,(H3,8,9,10). The van der Waals surface area contributed by atoms with Gasteiger partial charge in [0, 0.05) is 13.0 Å². The number of hydrogen-bond acceptors (Lipinski definition) is 4. The molecule has 0 fully saturated rings. The maximum Gasteiger partial charge on any atom is 0.211 e. The monoisotopic (exact) mass is 216 g/mol. The molecule has 1 aliphatic heterocycles. The van der Waals surface area contributed by atoms with Gasteiger partial charge in [-0.25, -0.2) is 13.4 Å². The Balaban J connectivity index is 2.30. The Morgan fingerprint density at radius 2 is 2.29 bits per heavy atom. The van der Waals surface area contributed by atoms with E-state index in [0.29, 0.717) is 25.5 Å². The summed E-state index contributed by atoms with van der Waals surface area (Å²) in [6.45, 7) is 0.828. The number of aromatic nitrogens is 2. The molecule has 0 spiro atoms. The van der Waals surface area contributed by atoms with Gasteiger partial charge in [-0.2, -0.15) is 4.31 Å². The van der Waals surface area contributed by atoms with Crippen LogP contribution in [0, 0.1) is 0 Å². The summed E-state index contributed by atoms with van der Waals surface area (Å²) in [5, 5.41) is 0. The molecule has 78 valence electrons. The average molecular weight is 216 g/mol. The largest absolute Gasteiger partial charge is 0.369 e. The number of nitrogens with two attached hydrogens (primary N) is 1. The molecule has 1 aliphatic rings. The van der Waals surface area contributed by atoms with Crippen LogP contribution in [0.15, 0.2) is 0 Å². The van der Waals surface area contributed by atoms with Crippen molar-refractivity contribution in [3.05, 3.63) is 11.4 Å². The summed E-state index contributed by atoms with van der Waals surface area (Å²) in [5.41, 5.74) is 7.16. The first-order chi connectivity index (χ1) is 6.47. The molecule has 1 aromatic heterocycles. The van der Waals surface area contributed by atoms with E-state index in [4.69, 9.17) is 5.73 Å². The normalized spacial score (nSPS) is 18.1. The number of nitrogens with zero attached hydrogens (tertiary/aromatic N) is 2.